The first kappa shape index (κ1) is 28.2. The molecule has 0 spiro atoms. The van der Waals surface area contributed by atoms with Crippen LogP contribution in [0.3, 0.4) is 0 Å². The minimum Gasteiger partial charge on any atom is -0.357 e. The third-order valence-electron chi connectivity index (χ3n) is 6.11. The van der Waals surface area contributed by atoms with E-state index in [4.69, 9.17) is 11.6 Å². The Balaban J connectivity index is 2.04. The summed E-state index contributed by atoms with van der Waals surface area (Å²) in [6.45, 7) is 5.23. The molecule has 7 nitrogen and oxygen atoms in total. The van der Waals surface area contributed by atoms with Gasteiger partial charge >= 0.3 is 0 Å². The Morgan fingerprint density at radius 2 is 1.43 bits per heavy atom. The van der Waals surface area contributed by atoms with Gasteiger partial charge in [-0.3, -0.25) is 13.9 Å². The van der Waals surface area contributed by atoms with Crippen LogP contribution in [0.1, 0.15) is 30.0 Å². The van der Waals surface area contributed by atoms with Gasteiger partial charge in [0.15, 0.2) is 0 Å². The predicted octanol–water partition coefficient (Wildman–Crippen LogP) is 4.71. The second-order valence-electron chi connectivity index (χ2n) is 8.85. The Morgan fingerprint density at radius 1 is 0.892 bits per heavy atom. The molecule has 37 heavy (non-hydrogen) atoms. The smallest absolute Gasteiger partial charge is 0.264 e. The van der Waals surface area contributed by atoms with Crippen LogP contribution in [0.25, 0.3) is 0 Å². The summed E-state index contributed by atoms with van der Waals surface area (Å²) < 4.78 is 28.6. The minimum absolute atomic E-state index is 0.0778. The zero-order chi connectivity index (χ0) is 27.2. The fraction of sp³-hybridized carbons (Fsp3) is 0.286. The van der Waals surface area contributed by atoms with Gasteiger partial charge in [0.1, 0.15) is 12.6 Å². The third kappa shape index (κ3) is 6.90. The summed E-state index contributed by atoms with van der Waals surface area (Å²) in [5, 5.41) is 3.16. The average Bonchev–Trinajstić information content (AvgIpc) is 2.88. The lowest BCUT2D eigenvalue weighted by Gasteiger charge is -2.33. The molecule has 0 aliphatic rings. The van der Waals surface area contributed by atoms with Crippen molar-refractivity contribution in [1.82, 2.24) is 10.2 Å². The highest BCUT2D eigenvalue weighted by Gasteiger charge is 2.33. The van der Waals surface area contributed by atoms with E-state index in [1.54, 1.807) is 60.7 Å². The number of rotatable bonds is 10. The topological polar surface area (TPSA) is 86.8 Å². The summed E-state index contributed by atoms with van der Waals surface area (Å²) in [7, 11) is -2.57. The van der Waals surface area contributed by atoms with Crippen LogP contribution in [-0.4, -0.2) is 44.8 Å². The lowest BCUT2D eigenvalue weighted by atomic mass is 10.1. The van der Waals surface area contributed by atoms with Crippen LogP contribution in [0.5, 0.6) is 0 Å². The zero-order valence-electron chi connectivity index (χ0n) is 21.4. The predicted molar refractivity (Wildman–Crippen MR) is 147 cm³/mol. The Labute approximate surface area is 224 Å². The van der Waals surface area contributed by atoms with Gasteiger partial charge in [0.2, 0.25) is 11.8 Å². The first-order valence-corrected chi connectivity index (χ1v) is 13.8. The van der Waals surface area contributed by atoms with Gasteiger partial charge in [0.05, 0.1) is 10.6 Å². The first-order valence-electron chi connectivity index (χ1n) is 12.0. The van der Waals surface area contributed by atoms with Crippen LogP contribution in [0.15, 0.2) is 77.7 Å². The van der Waals surface area contributed by atoms with Crippen LogP contribution in [0.2, 0.25) is 5.02 Å². The van der Waals surface area contributed by atoms with Crippen molar-refractivity contribution in [1.29, 1.82) is 0 Å². The minimum atomic E-state index is -4.08. The number of amides is 2. The van der Waals surface area contributed by atoms with E-state index in [1.807, 2.05) is 20.8 Å². The number of nitrogens with one attached hydrogen (secondary N) is 1. The molecule has 0 bridgehead atoms. The summed E-state index contributed by atoms with van der Waals surface area (Å²) in [5.41, 5.74) is 3.00. The highest BCUT2D eigenvalue weighted by Crippen LogP contribution is 2.25. The largest absolute Gasteiger partial charge is 0.357 e. The number of carbonyl (C=O) groups excluding carboxylic acids is 2. The van der Waals surface area contributed by atoms with Crippen LogP contribution in [-0.2, 0) is 26.2 Å². The number of sulfonamides is 1. The highest BCUT2D eigenvalue weighted by molar-refractivity contribution is 7.92. The van der Waals surface area contributed by atoms with Crippen LogP contribution in [0, 0.1) is 13.8 Å². The Hall–Kier alpha value is -3.36. The van der Waals surface area contributed by atoms with E-state index >= 15 is 0 Å². The summed E-state index contributed by atoms with van der Waals surface area (Å²) in [6, 6.07) is 19.6. The molecule has 3 rings (SSSR count). The number of anilines is 1. The number of carbonyl (C=O) groups is 2. The van der Waals surface area contributed by atoms with Gasteiger partial charge in [0, 0.05) is 18.6 Å². The maximum atomic E-state index is 13.8. The molecular weight excluding hydrogens is 510 g/mol. The van der Waals surface area contributed by atoms with Gasteiger partial charge in [-0.05, 0) is 62.2 Å². The third-order valence-corrected chi connectivity index (χ3v) is 8.15. The van der Waals surface area contributed by atoms with E-state index in [9.17, 15) is 18.0 Å². The molecule has 196 valence electrons. The maximum Gasteiger partial charge on any atom is 0.264 e. The van der Waals surface area contributed by atoms with E-state index in [0.717, 1.165) is 21.0 Å². The normalized spacial score (nSPS) is 12.0. The SMILES string of the molecule is CC[C@H](C(=O)NC)N(Cc1ccc(Cl)cc1)C(=O)CN(c1ccc(C)cc1)S(=O)(=O)c1ccc(C)cc1. The van der Waals surface area contributed by atoms with Crippen molar-refractivity contribution in [2.45, 2.75) is 44.7 Å². The summed E-state index contributed by atoms with van der Waals surface area (Å²) >= 11 is 6.02. The molecule has 0 unspecified atom stereocenters. The number of aryl methyl sites for hydroxylation is 2. The van der Waals surface area contributed by atoms with Gasteiger partial charge in [-0.25, -0.2) is 8.42 Å². The average molecular weight is 542 g/mol. The molecule has 2 amide bonds. The maximum absolute atomic E-state index is 13.8. The Morgan fingerprint density at radius 3 is 1.95 bits per heavy atom. The lowest BCUT2D eigenvalue weighted by molar-refractivity contribution is -0.140. The molecule has 1 N–H and O–H groups in total. The van der Waals surface area contributed by atoms with Crippen molar-refractivity contribution >= 4 is 39.1 Å². The quantitative estimate of drug-likeness (QED) is 0.403. The summed E-state index contributed by atoms with van der Waals surface area (Å²) in [4.78, 5) is 28.1. The van der Waals surface area contributed by atoms with Gasteiger partial charge < -0.3 is 10.2 Å². The Bertz CT molecular complexity index is 1330. The fourth-order valence-corrected chi connectivity index (χ4v) is 5.49. The standard InChI is InChI=1S/C28H32ClN3O4S/c1-5-26(28(34)30-4)31(18-22-10-12-23(29)13-11-22)27(33)19-32(24-14-6-20(2)7-15-24)37(35,36)25-16-8-21(3)9-17-25/h6-17,26H,5,18-19H2,1-4H3,(H,30,34)/t26-/m1/s1. The summed E-state index contributed by atoms with van der Waals surface area (Å²) in [6.07, 6.45) is 0.355. The molecule has 0 radical (unpaired) electrons. The monoisotopic (exact) mass is 541 g/mol. The van der Waals surface area contributed by atoms with Crippen LogP contribution < -0.4 is 9.62 Å². The van der Waals surface area contributed by atoms with Crippen LogP contribution >= 0.6 is 11.6 Å². The second-order valence-corrected chi connectivity index (χ2v) is 11.1. The fourth-order valence-electron chi connectivity index (χ4n) is 3.95. The first-order chi connectivity index (χ1) is 17.6. The number of nitrogens with zero attached hydrogens (tertiary/aromatic N) is 2. The number of halogens is 1. The Kier molecular flexibility index (Phi) is 9.34. The molecule has 3 aromatic carbocycles. The van der Waals surface area contributed by atoms with E-state index in [1.165, 1.54) is 24.1 Å². The molecule has 0 saturated heterocycles. The summed E-state index contributed by atoms with van der Waals surface area (Å²) in [5.74, 6) is -0.824. The van der Waals surface area contributed by atoms with Crippen molar-refractivity contribution < 1.29 is 18.0 Å². The molecule has 9 heteroatoms. The molecule has 0 aromatic heterocycles. The van der Waals surface area contributed by atoms with Crippen molar-refractivity contribution in [3.05, 3.63) is 94.5 Å². The van der Waals surface area contributed by atoms with Gasteiger partial charge in [-0.1, -0.05) is 66.0 Å². The van der Waals surface area contributed by atoms with E-state index in [0.29, 0.717) is 17.1 Å². The van der Waals surface area contributed by atoms with Gasteiger partial charge in [0.25, 0.3) is 10.0 Å². The highest BCUT2D eigenvalue weighted by atomic mass is 35.5. The number of hydrogen-bond donors (Lipinski definition) is 1. The molecule has 0 saturated carbocycles. The second kappa shape index (κ2) is 12.3. The molecule has 0 fully saturated rings. The van der Waals surface area contributed by atoms with Crippen LogP contribution in [0.4, 0.5) is 5.69 Å². The number of benzene rings is 3. The van der Waals surface area contributed by atoms with Crippen molar-refractivity contribution in [3.63, 3.8) is 0 Å². The van der Waals surface area contributed by atoms with Crippen molar-refractivity contribution in [2.24, 2.45) is 0 Å². The van der Waals surface area contributed by atoms with Crippen molar-refractivity contribution in [3.8, 4) is 0 Å². The zero-order valence-corrected chi connectivity index (χ0v) is 23.0. The van der Waals surface area contributed by atoms with Crippen molar-refractivity contribution in [2.75, 3.05) is 17.9 Å². The molecule has 0 heterocycles. The van der Waals surface area contributed by atoms with E-state index in [-0.39, 0.29) is 17.3 Å². The van der Waals surface area contributed by atoms with Gasteiger partial charge in [-0.15, -0.1) is 0 Å². The van der Waals surface area contributed by atoms with E-state index in [2.05, 4.69) is 5.32 Å². The molecular formula is C28H32ClN3O4S. The van der Waals surface area contributed by atoms with E-state index < -0.39 is 28.5 Å². The number of hydrogen-bond acceptors (Lipinski definition) is 4. The lowest BCUT2D eigenvalue weighted by Crippen LogP contribution is -2.51. The number of likely N-dealkylation sites (N-methyl/N-ethyl adjacent to an activating group) is 1. The molecule has 1 atom stereocenters. The molecule has 0 aliphatic carbocycles. The molecule has 0 aliphatic heterocycles. The van der Waals surface area contributed by atoms with Gasteiger partial charge in [-0.2, -0.15) is 0 Å². The molecule has 3 aromatic rings.